The van der Waals surface area contributed by atoms with Gasteiger partial charge in [0, 0.05) is 66.9 Å². The standard InChI is InChI=1S/C89H59N5/c1-89(2)78-54-74-68-40-19-17-38-66(68)65-37-16-18-39-67(65)73(74)53-76(78)84-71-43-21-22-44-72(71)85-77-51-59(46-48-82(77)94(87(85)86(84)89)83-55-79(90-88(91-83)57-28-9-4-10-29-57)69-41-20-15-36-64(69)56-26-7-3-8-27-56)58-30-25-35-62(50-58)92(60-31-11-5-12-32-60)63-47-49-81-75(52-63)70-42-23-24-45-80(70)93(81)61-33-13-6-14-34-61/h3-55H,1-2H3. The highest BCUT2D eigenvalue weighted by Gasteiger charge is 2.41. The van der Waals surface area contributed by atoms with Crippen molar-refractivity contribution in [2.45, 2.75) is 19.3 Å². The Morgan fingerprint density at radius 3 is 1.55 bits per heavy atom. The molecule has 0 saturated heterocycles. The van der Waals surface area contributed by atoms with Crippen LogP contribution < -0.4 is 4.90 Å². The molecule has 0 atom stereocenters. The SMILES string of the molecule is CC1(C)c2cc3c4ccccc4c4ccccc4c3cc2-c2c1c1c(c3ccccc23)c2cc(-c3cccc(N(c4ccccc4)c4ccc5c(c4)c4ccccc4n5-c4ccccc4)c3)ccc2n1-c1cc(-c2ccccc2-c2ccccc2)nc(-c2ccccc2)n1. The van der Waals surface area contributed by atoms with Gasteiger partial charge >= 0.3 is 0 Å². The molecule has 94 heavy (non-hydrogen) atoms. The molecule has 3 aromatic heterocycles. The summed E-state index contributed by atoms with van der Waals surface area (Å²) in [5.74, 6) is 1.46. The highest BCUT2D eigenvalue weighted by molar-refractivity contribution is 6.30. The Morgan fingerprint density at radius 1 is 0.309 bits per heavy atom. The topological polar surface area (TPSA) is 38.9 Å². The molecule has 0 saturated carbocycles. The molecule has 5 heteroatoms. The maximum atomic E-state index is 5.76. The maximum absolute atomic E-state index is 5.76. The van der Waals surface area contributed by atoms with Gasteiger partial charge in [0.1, 0.15) is 5.82 Å². The van der Waals surface area contributed by atoms with E-state index in [2.05, 4.69) is 349 Å². The predicted octanol–water partition coefficient (Wildman–Crippen LogP) is 23.7. The van der Waals surface area contributed by atoms with E-state index in [4.69, 9.17) is 9.97 Å². The highest BCUT2D eigenvalue weighted by Crippen LogP contribution is 2.58. The third-order valence-electron chi connectivity index (χ3n) is 20.0. The number of anilines is 3. The number of nitrogens with zero attached hydrogens (tertiary/aromatic N) is 5. The number of rotatable bonds is 9. The minimum Gasteiger partial charge on any atom is -0.310 e. The van der Waals surface area contributed by atoms with Gasteiger partial charge in [-0.05, 0) is 173 Å². The van der Waals surface area contributed by atoms with Crippen LogP contribution in [0.1, 0.15) is 25.0 Å². The molecular formula is C89H59N5. The number of hydrogen-bond acceptors (Lipinski definition) is 3. The quantitative estimate of drug-likeness (QED) is 0.135. The Bertz CT molecular complexity index is 6120. The first kappa shape index (κ1) is 53.6. The summed E-state index contributed by atoms with van der Waals surface area (Å²) < 4.78 is 4.88. The fourth-order valence-corrected chi connectivity index (χ4v) is 15.9. The minimum absolute atomic E-state index is 0.477. The van der Waals surface area contributed by atoms with Gasteiger partial charge in [-0.2, -0.15) is 0 Å². The lowest BCUT2D eigenvalue weighted by molar-refractivity contribution is 0.665. The van der Waals surface area contributed by atoms with E-state index in [0.29, 0.717) is 5.82 Å². The number of fused-ring (bicyclic) bond motifs is 19. The average Bonchev–Trinajstić information content (AvgIpc) is 1.51. The zero-order chi connectivity index (χ0) is 62.2. The molecule has 18 aromatic rings. The smallest absolute Gasteiger partial charge is 0.162 e. The molecule has 0 radical (unpaired) electrons. The molecule has 1 aliphatic rings. The Hall–Kier alpha value is -12.2. The third kappa shape index (κ3) is 8.14. The van der Waals surface area contributed by atoms with Crippen LogP contribution in [0, 0.1) is 0 Å². The lowest BCUT2D eigenvalue weighted by Gasteiger charge is -2.26. The van der Waals surface area contributed by atoms with E-state index in [1.165, 1.54) is 87.0 Å². The van der Waals surface area contributed by atoms with Gasteiger partial charge in [-0.15, -0.1) is 0 Å². The number of benzene rings is 15. The molecule has 0 unspecified atom stereocenters. The summed E-state index contributed by atoms with van der Waals surface area (Å²) in [7, 11) is 0. The van der Waals surface area contributed by atoms with Gasteiger partial charge in [0.05, 0.1) is 27.8 Å². The predicted molar refractivity (Wildman–Crippen MR) is 395 cm³/mol. The van der Waals surface area contributed by atoms with Crippen LogP contribution in [-0.2, 0) is 5.41 Å². The van der Waals surface area contributed by atoms with E-state index in [-0.39, 0.29) is 0 Å². The molecule has 0 spiro atoms. The third-order valence-corrected chi connectivity index (χ3v) is 20.0. The van der Waals surface area contributed by atoms with E-state index >= 15 is 0 Å². The lowest BCUT2D eigenvalue weighted by Crippen LogP contribution is -2.17. The fraction of sp³-hybridized carbons (Fsp3) is 0.0337. The van der Waals surface area contributed by atoms with E-state index in [0.717, 1.165) is 89.6 Å². The summed E-state index contributed by atoms with van der Waals surface area (Å²) in [6.07, 6.45) is 0. The van der Waals surface area contributed by atoms with Crippen molar-refractivity contribution in [3.63, 3.8) is 0 Å². The Labute approximate surface area is 544 Å². The van der Waals surface area contributed by atoms with Gasteiger partial charge in [-0.25, -0.2) is 9.97 Å². The van der Waals surface area contributed by atoms with Crippen LogP contribution in [0.4, 0.5) is 17.1 Å². The van der Waals surface area contributed by atoms with Gasteiger partial charge in [0.15, 0.2) is 5.82 Å². The van der Waals surface area contributed by atoms with Crippen LogP contribution in [0.5, 0.6) is 0 Å². The Balaban J connectivity index is 0.876. The van der Waals surface area contributed by atoms with E-state index in [1.54, 1.807) is 0 Å². The van der Waals surface area contributed by atoms with Crippen molar-refractivity contribution in [1.29, 1.82) is 0 Å². The molecule has 0 aliphatic heterocycles. The Morgan fingerprint density at radius 2 is 0.830 bits per heavy atom. The molecule has 0 amide bonds. The van der Waals surface area contributed by atoms with Gasteiger partial charge in [-0.1, -0.05) is 244 Å². The number of para-hydroxylation sites is 3. The number of aromatic nitrogens is 4. The zero-order valence-corrected chi connectivity index (χ0v) is 51.8. The van der Waals surface area contributed by atoms with E-state index in [1.807, 2.05) is 0 Å². The van der Waals surface area contributed by atoms with Gasteiger partial charge < -0.3 is 9.47 Å². The van der Waals surface area contributed by atoms with Crippen LogP contribution in [0.2, 0.25) is 0 Å². The monoisotopic (exact) mass is 1200 g/mol. The summed E-state index contributed by atoms with van der Waals surface area (Å²) in [5, 5.41) is 14.8. The summed E-state index contributed by atoms with van der Waals surface area (Å²) in [6.45, 7) is 4.91. The summed E-state index contributed by atoms with van der Waals surface area (Å²) in [4.78, 5) is 13.7. The number of hydrogen-bond donors (Lipinski definition) is 0. The van der Waals surface area contributed by atoms with Crippen molar-refractivity contribution in [2.24, 2.45) is 0 Å². The van der Waals surface area contributed by atoms with Crippen molar-refractivity contribution < 1.29 is 0 Å². The Kier molecular flexibility index (Phi) is 11.9. The first-order chi connectivity index (χ1) is 46.4. The molecular weight excluding hydrogens is 1140 g/mol. The molecule has 0 bridgehead atoms. The molecule has 3 heterocycles. The highest BCUT2D eigenvalue weighted by atomic mass is 15.1. The molecule has 0 N–H and O–H groups in total. The summed E-state index contributed by atoms with van der Waals surface area (Å²) in [6, 6.07) is 118. The molecule has 5 nitrogen and oxygen atoms in total. The first-order valence-corrected chi connectivity index (χ1v) is 32.5. The minimum atomic E-state index is -0.477. The van der Waals surface area contributed by atoms with Crippen LogP contribution in [0.25, 0.3) is 154 Å². The molecule has 19 rings (SSSR count). The zero-order valence-electron chi connectivity index (χ0n) is 51.8. The fourth-order valence-electron chi connectivity index (χ4n) is 15.9. The van der Waals surface area contributed by atoms with Crippen molar-refractivity contribution in [3.05, 3.63) is 333 Å². The van der Waals surface area contributed by atoms with Crippen LogP contribution in [-0.4, -0.2) is 19.1 Å². The van der Waals surface area contributed by atoms with E-state index < -0.39 is 5.41 Å². The average molecular weight is 1200 g/mol. The summed E-state index contributed by atoms with van der Waals surface area (Å²) >= 11 is 0. The lowest BCUT2D eigenvalue weighted by atomic mass is 9.79. The second kappa shape index (κ2) is 20.9. The van der Waals surface area contributed by atoms with E-state index in [9.17, 15) is 0 Å². The van der Waals surface area contributed by atoms with Crippen LogP contribution in [0.3, 0.4) is 0 Å². The molecule has 1 aliphatic carbocycles. The molecule has 15 aromatic carbocycles. The van der Waals surface area contributed by atoms with Crippen molar-refractivity contribution >= 4 is 104 Å². The second-order valence-electron chi connectivity index (χ2n) is 25.6. The maximum Gasteiger partial charge on any atom is 0.162 e. The van der Waals surface area contributed by atoms with Crippen molar-refractivity contribution in [2.75, 3.05) is 4.90 Å². The second-order valence-corrected chi connectivity index (χ2v) is 25.6. The van der Waals surface area contributed by atoms with Crippen molar-refractivity contribution in [3.8, 4) is 67.5 Å². The van der Waals surface area contributed by atoms with Gasteiger partial charge in [0.25, 0.3) is 0 Å². The van der Waals surface area contributed by atoms with Gasteiger partial charge in [-0.3, -0.25) is 4.57 Å². The largest absolute Gasteiger partial charge is 0.310 e. The normalized spacial score (nSPS) is 12.7. The molecule has 0 fully saturated rings. The van der Waals surface area contributed by atoms with Gasteiger partial charge in [0.2, 0.25) is 0 Å². The van der Waals surface area contributed by atoms with Crippen LogP contribution in [0.15, 0.2) is 322 Å². The first-order valence-electron chi connectivity index (χ1n) is 32.5. The van der Waals surface area contributed by atoms with Crippen molar-refractivity contribution in [1.82, 2.24) is 19.1 Å². The summed E-state index contributed by atoms with van der Waals surface area (Å²) in [5.41, 5.74) is 20.9. The molecule has 440 valence electrons. The van der Waals surface area contributed by atoms with Crippen LogP contribution >= 0.6 is 0 Å².